The molecular formula is C23H20N2O2S. The second-order valence-corrected chi connectivity index (χ2v) is 7.16. The van der Waals surface area contributed by atoms with E-state index < -0.39 is 0 Å². The highest BCUT2D eigenvalue weighted by molar-refractivity contribution is 7.99. The number of carbonyl (C=O) groups is 1. The van der Waals surface area contributed by atoms with E-state index >= 15 is 0 Å². The zero-order valence-corrected chi connectivity index (χ0v) is 16.1. The number of hydrogen-bond acceptors (Lipinski definition) is 4. The van der Waals surface area contributed by atoms with Crippen molar-refractivity contribution in [1.82, 2.24) is 5.32 Å². The quantitative estimate of drug-likeness (QED) is 0.332. The van der Waals surface area contributed by atoms with Gasteiger partial charge in [-0.1, -0.05) is 60.3 Å². The van der Waals surface area contributed by atoms with E-state index in [1.54, 1.807) is 6.07 Å². The van der Waals surface area contributed by atoms with Crippen LogP contribution >= 0.6 is 11.8 Å². The van der Waals surface area contributed by atoms with Crippen LogP contribution in [0.1, 0.15) is 17.7 Å². The van der Waals surface area contributed by atoms with Crippen LogP contribution < -0.4 is 5.32 Å². The molecule has 1 N–H and O–H groups in total. The van der Waals surface area contributed by atoms with E-state index in [-0.39, 0.29) is 11.5 Å². The minimum absolute atomic E-state index is 0.0327. The molecule has 28 heavy (non-hydrogen) atoms. The van der Waals surface area contributed by atoms with Crippen molar-refractivity contribution in [2.45, 2.75) is 22.8 Å². The van der Waals surface area contributed by atoms with Crippen molar-refractivity contribution in [2.75, 3.05) is 6.54 Å². The van der Waals surface area contributed by atoms with Crippen molar-refractivity contribution in [3.8, 4) is 6.07 Å². The third kappa shape index (κ3) is 5.90. The number of rotatable bonds is 8. The summed E-state index contributed by atoms with van der Waals surface area (Å²) in [6.07, 6.45) is 3.17. The summed E-state index contributed by atoms with van der Waals surface area (Å²) in [5, 5.41) is 12.8. The summed E-state index contributed by atoms with van der Waals surface area (Å²) < 4.78 is 5.71. The maximum atomic E-state index is 12.2. The molecule has 1 aromatic heterocycles. The Hall–Kier alpha value is -3.23. The van der Waals surface area contributed by atoms with Crippen molar-refractivity contribution in [1.29, 1.82) is 5.26 Å². The molecule has 0 bridgehead atoms. The number of benzene rings is 2. The first-order valence-corrected chi connectivity index (χ1v) is 9.83. The minimum atomic E-state index is -0.385. The topological polar surface area (TPSA) is 66.0 Å². The van der Waals surface area contributed by atoms with Crippen LogP contribution in [0.2, 0.25) is 0 Å². The number of nitrogens with one attached hydrogen (secondary N) is 1. The van der Waals surface area contributed by atoms with Crippen LogP contribution in [0.5, 0.6) is 0 Å². The number of aryl methyl sites for hydroxylation is 1. The van der Waals surface area contributed by atoms with Crippen molar-refractivity contribution < 1.29 is 9.21 Å². The number of nitrogens with zero attached hydrogens (tertiary/aromatic N) is 1. The fraction of sp³-hybridized carbons (Fsp3) is 0.130. The lowest BCUT2D eigenvalue weighted by Crippen LogP contribution is -2.25. The Bertz CT molecular complexity index is 973. The van der Waals surface area contributed by atoms with E-state index in [4.69, 9.17) is 4.42 Å². The third-order valence-electron chi connectivity index (χ3n) is 3.99. The van der Waals surface area contributed by atoms with Crippen LogP contribution in [-0.2, 0) is 11.2 Å². The highest BCUT2D eigenvalue weighted by Crippen LogP contribution is 2.29. The van der Waals surface area contributed by atoms with Gasteiger partial charge in [0.05, 0.1) is 0 Å². The van der Waals surface area contributed by atoms with Gasteiger partial charge in [-0.2, -0.15) is 5.26 Å². The van der Waals surface area contributed by atoms with E-state index in [1.165, 1.54) is 23.4 Å². The Labute approximate surface area is 168 Å². The molecule has 0 spiro atoms. The summed E-state index contributed by atoms with van der Waals surface area (Å²) in [5.74, 6) is 0.0960. The molecule has 1 heterocycles. The lowest BCUT2D eigenvalue weighted by molar-refractivity contribution is -0.117. The Balaban J connectivity index is 1.53. The van der Waals surface area contributed by atoms with Gasteiger partial charge in [0.25, 0.3) is 5.91 Å². The average Bonchev–Trinajstić information content (AvgIpc) is 3.17. The van der Waals surface area contributed by atoms with Crippen molar-refractivity contribution in [2.24, 2.45) is 0 Å². The fourth-order valence-corrected chi connectivity index (χ4v) is 3.40. The summed E-state index contributed by atoms with van der Waals surface area (Å²) in [6, 6.07) is 25.5. The zero-order chi connectivity index (χ0) is 19.6. The second kappa shape index (κ2) is 10.2. The van der Waals surface area contributed by atoms with Crippen molar-refractivity contribution >= 4 is 23.7 Å². The predicted octanol–water partition coefficient (Wildman–Crippen LogP) is 5.09. The second-order valence-electron chi connectivity index (χ2n) is 6.09. The minimum Gasteiger partial charge on any atom is -0.450 e. The Morgan fingerprint density at radius 2 is 1.75 bits per heavy atom. The molecule has 0 unspecified atom stereocenters. The first-order chi connectivity index (χ1) is 13.7. The van der Waals surface area contributed by atoms with Gasteiger partial charge in [-0.05, 0) is 42.7 Å². The van der Waals surface area contributed by atoms with Crippen LogP contribution in [0, 0.1) is 11.3 Å². The number of nitriles is 1. The SMILES string of the molecule is N#C/C(=C/c1ccc(Sc2ccccc2)o1)C(=O)NCCCc1ccccc1. The van der Waals surface area contributed by atoms with Crippen LogP contribution in [0.15, 0.2) is 92.8 Å². The van der Waals surface area contributed by atoms with E-state index in [0.29, 0.717) is 17.4 Å². The molecule has 0 saturated heterocycles. The molecule has 4 nitrogen and oxygen atoms in total. The lowest BCUT2D eigenvalue weighted by Gasteiger charge is -2.04. The molecular weight excluding hydrogens is 368 g/mol. The molecule has 1 amide bonds. The van der Waals surface area contributed by atoms with Gasteiger partial charge in [-0.3, -0.25) is 4.79 Å². The van der Waals surface area contributed by atoms with Crippen LogP contribution in [0.4, 0.5) is 0 Å². The number of amides is 1. The Kier molecular flexibility index (Phi) is 7.11. The highest BCUT2D eigenvalue weighted by Gasteiger charge is 2.10. The average molecular weight is 388 g/mol. The standard InChI is InChI=1S/C23H20N2O2S/c24-17-19(23(26)25-15-7-10-18-8-3-1-4-9-18)16-20-13-14-22(27-20)28-21-11-5-2-6-12-21/h1-6,8-9,11-14,16H,7,10,15H2,(H,25,26)/b19-16-. The number of hydrogen-bond donors (Lipinski definition) is 1. The summed E-state index contributed by atoms with van der Waals surface area (Å²) in [5.41, 5.74) is 1.26. The molecule has 0 aliphatic rings. The smallest absolute Gasteiger partial charge is 0.262 e. The third-order valence-corrected chi connectivity index (χ3v) is 4.91. The molecule has 0 aliphatic heterocycles. The highest BCUT2D eigenvalue weighted by atomic mass is 32.2. The lowest BCUT2D eigenvalue weighted by atomic mass is 10.1. The van der Waals surface area contributed by atoms with Gasteiger partial charge >= 0.3 is 0 Å². The molecule has 2 aromatic carbocycles. The van der Waals surface area contributed by atoms with Gasteiger partial charge in [0.15, 0.2) is 5.09 Å². The molecule has 0 fully saturated rings. The van der Waals surface area contributed by atoms with Gasteiger partial charge < -0.3 is 9.73 Å². The van der Waals surface area contributed by atoms with Crippen LogP contribution in [0.25, 0.3) is 6.08 Å². The molecule has 3 aromatic rings. The monoisotopic (exact) mass is 388 g/mol. The summed E-state index contributed by atoms with van der Waals surface area (Å²) >= 11 is 1.49. The van der Waals surface area contributed by atoms with E-state index in [2.05, 4.69) is 17.4 Å². The Morgan fingerprint density at radius 3 is 2.46 bits per heavy atom. The van der Waals surface area contributed by atoms with Gasteiger partial charge in [0, 0.05) is 17.5 Å². The van der Waals surface area contributed by atoms with Gasteiger partial charge in [-0.25, -0.2) is 0 Å². The molecule has 140 valence electrons. The number of carbonyl (C=O) groups excluding carboxylic acids is 1. The molecule has 3 rings (SSSR count). The summed E-state index contributed by atoms with van der Waals surface area (Å²) in [7, 11) is 0. The zero-order valence-electron chi connectivity index (χ0n) is 15.3. The summed E-state index contributed by atoms with van der Waals surface area (Å²) in [4.78, 5) is 13.3. The van der Waals surface area contributed by atoms with Gasteiger partial charge in [-0.15, -0.1) is 0 Å². The van der Waals surface area contributed by atoms with Crippen LogP contribution in [-0.4, -0.2) is 12.5 Å². The van der Waals surface area contributed by atoms with Crippen molar-refractivity contribution in [3.63, 3.8) is 0 Å². The first-order valence-electron chi connectivity index (χ1n) is 9.01. The molecule has 0 radical (unpaired) electrons. The maximum absolute atomic E-state index is 12.2. The van der Waals surface area contributed by atoms with Gasteiger partial charge in [0.2, 0.25) is 0 Å². The molecule has 0 saturated carbocycles. The van der Waals surface area contributed by atoms with Crippen molar-refractivity contribution in [3.05, 3.63) is 89.7 Å². The van der Waals surface area contributed by atoms with E-state index in [9.17, 15) is 10.1 Å². The van der Waals surface area contributed by atoms with E-state index in [1.807, 2.05) is 60.7 Å². The van der Waals surface area contributed by atoms with Gasteiger partial charge in [0.1, 0.15) is 17.4 Å². The number of furan rings is 1. The fourth-order valence-electron chi connectivity index (χ4n) is 2.60. The van der Waals surface area contributed by atoms with Crippen LogP contribution in [0.3, 0.4) is 0 Å². The molecule has 0 atom stereocenters. The molecule has 5 heteroatoms. The Morgan fingerprint density at radius 1 is 1.04 bits per heavy atom. The normalized spacial score (nSPS) is 11.0. The maximum Gasteiger partial charge on any atom is 0.262 e. The molecule has 0 aliphatic carbocycles. The largest absolute Gasteiger partial charge is 0.450 e. The van der Waals surface area contributed by atoms with E-state index in [0.717, 1.165) is 17.7 Å². The predicted molar refractivity (Wildman–Crippen MR) is 111 cm³/mol. The first kappa shape index (κ1) is 19.5. The summed E-state index contributed by atoms with van der Waals surface area (Å²) in [6.45, 7) is 0.514.